The number of rotatable bonds is 9. The molecule has 0 saturated carbocycles. The molecule has 0 radical (unpaired) electrons. The first-order valence-corrected chi connectivity index (χ1v) is 16.4. The molecular weight excluding hydrogens is 636 g/mol. The Morgan fingerprint density at radius 1 is 0.979 bits per heavy atom. The minimum absolute atomic E-state index is 0.00377. The quantitative estimate of drug-likeness (QED) is 0.291. The maximum Gasteiger partial charge on any atom is 0.255 e. The van der Waals surface area contributed by atoms with Crippen LogP contribution in [-0.2, 0) is 14.4 Å². The molecule has 3 aromatic carbocycles. The van der Waals surface area contributed by atoms with E-state index in [9.17, 15) is 19.2 Å². The van der Waals surface area contributed by atoms with Crippen molar-refractivity contribution in [3.63, 3.8) is 0 Å². The lowest BCUT2D eigenvalue weighted by molar-refractivity contribution is -0.136. The van der Waals surface area contributed by atoms with E-state index in [1.807, 2.05) is 26.0 Å². The van der Waals surface area contributed by atoms with Crippen molar-refractivity contribution in [2.45, 2.75) is 58.2 Å². The van der Waals surface area contributed by atoms with Crippen molar-refractivity contribution in [2.24, 2.45) is 5.92 Å². The van der Waals surface area contributed by atoms with Crippen LogP contribution in [0.1, 0.15) is 50.4 Å². The zero-order valence-electron chi connectivity index (χ0n) is 27.7. The van der Waals surface area contributed by atoms with Gasteiger partial charge in [0.1, 0.15) is 36.8 Å². The molecule has 4 amide bonds. The normalized spacial score (nSPS) is 18.3. The van der Waals surface area contributed by atoms with E-state index in [1.54, 1.807) is 74.6 Å². The van der Waals surface area contributed by atoms with Gasteiger partial charge in [-0.1, -0.05) is 49.7 Å². The number of amides is 4. The summed E-state index contributed by atoms with van der Waals surface area (Å²) in [5.74, 6) is 0.362. The van der Waals surface area contributed by atoms with Gasteiger partial charge in [0.2, 0.25) is 17.7 Å². The molecule has 3 aromatic rings. The molecule has 0 aromatic heterocycles. The molecule has 1 aliphatic rings. The fraction of sp³-hybridized carbons (Fsp3) is 0.389. The van der Waals surface area contributed by atoms with Gasteiger partial charge in [-0.05, 0) is 74.2 Å². The summed E-state index contributed by atoms with van der Waals surface area (Å²) >= 11 is 5.99. The van der Waals surface area contributed by atoms with Crippen LogP contribution in [-0.4, -0.2) is 73.5 Å². The highest BCUT2D eigenvalue weighted by molar-refractivity contribution is 6.30. The predicted octanol–water partition coefficient (Wildman–Crippen LogP) is 4.98. The molecule has 0 saturated heterocycles. The zero-order valence-corrected chi connectivity index (χ0v) is 28.4. The van der Waals surface area contributed by atoms with Crippen molar-refractivity contribution in [3.05, 3.63) is 83.4 Å². The SMILES string of the molecule is CC(C)C[C@@H]1NC(=O)CC[C@@H](C(=O)N[C@H](C)COc2ccccc2Oc2ccc(Cl)cc2)NC(=O)c2ccccc2OCCN(C)C1=O. The van der Waals surface area contributed by atoms with E-state index in [0.717, 1.165) is 0 Å². The van der Waals surface area contributed by atoms with Gasteiger partial charge < -0.3 is 35.1 Å². The summed E-state index contributed by atoms with van der Waals surface area (Å²) < 4.78 is 17.9. The summed E-state index contributed by atoms with van der Waals surface area (Å²) in [6, 6.07) is 18.5. The number of benzene rings is 3. The summed E-state index contributed by atoms with van der Waals surface area (Å²) in [5.41, 5.74) is 0.231. The summed E-state index contributed by atoms with van der Waals surface area (Å²) in [6.07, 6.45) is 0.350. The predicted molar refractivity (Wildman–Crippen MR) is 183 cm³/mol. The lowest BCUT2D eigenvalue weighted by atomic mass is 10.0. The minimum atomic E-state index is -1.06. The number of likely N-dealkylation sites (N-methyl/N-ethyl adjacent to an activating group) is 1. The van der Waals surface area contributed by atoms with Gasteiger partial charge in [-0.15, -0.1) is 0 Å². The first-order chi connectivity index (χ1) is 23.0. The highest BCUT2D eigenvalue weighted by Gasteiger charge is 2.29. The molecule has 0 unspecified atom stereocenters. The number of para-hydroxylation sites is 3. The van der Waals surface area contributed by atoms with Crippen molar-refractivity contribution in [2.75, 3.05) is 26.8 Å². The van der Waals surface area contributed by atoms with E-state index < -0.39 is 35.8 Å². The molecule has 3 N–H and O–H groups in total. The van der Waals surface area contributed by atoms with Crippen molar-refractivity contribution in [1.82, 2.24) is 20.9 Å². The minimum Gasteiger partial charge on any atom is -0.491 e. The van der Waals surface area contributed by atoms with Gasteiger partial charge in [-0.2, -0.15) is 0 Å². The number of carbonyl (C=O) groups is 4. The maximum absolute atomic E-state index is 13.6. The van der Waals surface area contributed by atoms with E-state index in [-0.39, 0.29) is 50.0 Å². The van der Waals surface area contributed by atoms with Crippen LogP contribution in [0.4, 0.5) is 0 Å². The van der Waals surface area contributed by atoms with E-state index in [1.165, 1.54) is 4.90 Å². The number of carbonyl (C=O) groups excluding carboxylic acids is 4. The van der Waals surface area contributed by atoms with Gasteiger partial charge in [0.05, 0.1) is 18.2 Å². The Morgan fingerprint density at radius 3 is 2.40 bits per heavy atom. The average molecular weight is 679 g/mol. The van der Waals surface area contributed by atoms with Crippen molar-refractivity contribution >= 4 is 35.2 Å². The number of fused-ring (bicyclic) bond motifs is 1. The molecule has 0 spiro atoms. The fourth-order valence-corrected chi connectivity index (χ4v) is 5.20. The summed E-state index contributed by atoms with van der Waals surface area (Å²) in [4.78, 5) is 54.9. The number of ether oxygens (including phenoxy) is 3. The third kappa shape index (κ3) is 10.6. The molecule has 0 bridgehead atoms. The monoisotopic (exact) mass is 678 g/mol. The standard InChI is InChI=1S/C36H43ClN4O7/c1-23(2)21-29-36(45)41(4)19-20-46-30-10-6-5-9-27(30)34(43)40-28(17-18-33(42)39-29)35(44)38-24(3)22-47-31-11-7-8-12-32(31)48-26-15-13-25(37)14-16-26/h5-16,23-24,28-29H,17-22H2,1-4H3,(H,38,44)(H,39,42)(H,40,43)/t24-,28+,29+/m1/s1. The lowest BCUT2D eigenvalue weighted by Gasteiger charge is -2.26. The molecule has 1 heterocycles. The van der Waals surface area contributed by atoms with E-state index in [0.29, 0.717) is 34.4 Å². The number of nitrogens with zero attached hydrogens (tertiary/aromatic N) is 1. The van der Waals surface area contributed by atoms with Crippen LogP contribution in [0.15, 0.2) is 72.8 Å². The maximum atomic E-state index is 13.6. The van der Waals surface area contributed by atoms with Crippen LogP contribution in [0.5, 0.6) is 23.0 Å². The Bertz CT molecular complexity index is 1570. The molecule has 3 atom stereocenters. The Balaban J connectivity index is 1.47. The lowest BCUT2D eigenvalue weighted by Crippen LogP contribution is -2.51. The van der Waals surface area contributed by atoms with Crippen LogP contribution < -0.4 is 30.2 Å². The Kier molecular flexibility index (Phi) is 13.1. The smallest absolute Gasteiger partial charge is 0.255 e. The van der Waals surface area contributed by atoms with Gasteiger partial charge in [0, 0.05) is 18.5 Å². The van der Waals surface area contributed by atoms with Gasteiger partial charge in [-0.3, -0.25) is 19.2 Å². The van der Waals surface area contributed by atoms with Gasteiger partial charge in [-0.25, -0.2) is 0 Å². The summed E-state index contributed by atoms with van der Waals surface area (Å²) in [7, 11) is 1.65. The number of nitrogens with one attached hydrogen (secondary N) is 3. The van der Waals surface area contributed by atoms with Crippen molar-refractivity contribution in [3.8, 4) is 23.0 Å². The third-order valence-corrected chi connectivity index (χ3v) is 7.83. The third-order valence-electron chi connectivity index (χ3n) is 7.58. The van der Waals surface area contributed by atoms with Crippen molar-refractivity contribution in [1.29, 1.82) is 0 Å². The molecule has 0 aliphatic carbocycles. The number of halogens is 1. The average Bonchev–Trinajstić information content (AvgIpc) is 3.06. The molecule has 48 heavy (non-hydrogen) atoms. The second kappa shape index (κ2) is 17.4. The first-order valence-electron chi connectivity index (χ1n) is 16.0. The molecule has 256 valence electrons. The van der Waals surface area contributed by atoms with Crippen LogP contribution in [0.3, 0.4) is 0 Å². The molecule has 12 heteroatoms. The van der Waals surface area contributed by atoms with Gasteiger partial charge in [0.25, 0.3) is 5.91 Å². The van der Waals surface area contributed by atoms with Crippen LogP contribution in [0.2, 0.25) is 5.02 Å². The highest BCUT2D eigenvalue weighted by Crippen LogP contribution is 2.32. The summed E-state index contributed by atoms with van der Waals surface area (Å²) in [5, 5.41) is 9.10. The Labute approximate surface area is 286 Å². The molecular formula is C36H43ClN4O7. The van der Waals surface area contributed by atoms with E-state index >= 15 is 0 Å². The van der Waals surface area contributed by atoms with Crippen LogP contribution in [0.25, 0.3) is 0 Å². The number of hydrogen-bond acceptors (Lipinski definition) is 7. The Hall–Kier alpha value is -4.77. The number of hydrogen-bond donors (Lipinski definition) is 3. The molecule has 11 nitrogen and oxygen atoms in total. The Morgan fingerprint density at radius 2 is 1.67 bits per heavy atom. The second-order valence-electron chi connectivity index (χ2n) is 12.1. The van der Waals surface area contributed by atoms with E-state index in [4.69, 9.17) is 25.8 Å². The fourth-order valence-electron chi connectivity index (χ4n) is 5.07. The first kappa shape index (κ1) is 36.1. The van der Waals surface area contributed by atoms with Crippen molar-refractivity contribution < 1.29 is 33.4 Å². The molecule has 0 fully saturated rings. The molecule has 4 rings (SSSR count). The summed E-state index contributed by atoms with van der Waals surface area (Å²) in [6.45, 7) is 6.19. The largest absolute Gasteiger partial charge is 0.491 e. The second-order valence-corrected chi connectivity index (χ2v) is 12.6. The van der Waals surface area contributed by atoms with Crippen LogP contribution in [0, 0.1) is 5.92 Å². The zero-order chi connectivity index (χ0) is 34.6. The van der Waals surface area contributed by atoms with Crippen LogP contribution >= 0.6 is 11.6 Å². The van der Waals surface area contributed by atoms with Gasteiger partial charge in [0.15, 0.2) is 11.5 Å². The topological polar surface area (TPSA) is 135 Å². The van der Waals surface area contributed by atoms with E-state index in [2.05, 4.69) is 16.0 Å². The molecule has 1 aliphatic heterocycles. The van der Waals surface area contributed by atoms with Gasteiger partial charge >= 0.3 is 0 Å². The highest BCUT2D eigenvalue weighted by atomic mass is 35.5.